The predicted octanol–water partition coefficient (Wildman–Crippen LogP) is 5.10. The van der Waals surface area contributed by atoms with E-state index in [0.29, 0.717) is 23.9 Å². The third-order valence-electron chi connectivity index (χ3n) is 5.14. The number of carbonyl (C=O) groups is 1. The Bertz CT molecular complexity index is 1080. The minimum atomic E-state index is -0.154. The van der Waals surface area contributed by atoms with Crippen LogP contribution in [0.4, 0.5) is 5.13 Å². The number of aromatic nitrogens is 1. The molecule has 0 aliphatic carbocycles. The minimum Gasteiger partial charge on any atom is -0.486 e. The summed E-state index contributed by atoms with van der Waals surface area (Å²) in [7, 11) is 0. The van der Waals surface area contributed by atoms with Gasteiger partial charge in [-0.15, -0.1) is 23.1 Å². The van der Waals surface area contributed by atoms with Gasteiger partial charge >= 0.3 is 0 Å². The molecule has 1 amide bonds. The lowest BCUT2D eigenvalue weighted by atomic mass is 10.1. The van der Waals surface area contributed by atoms with Crippen molar-refractivity contribution in [2.75, 3.05) is 30.9 Å². The highest BCUT2D eigenvalue weighted by Gasteiger charge is 2.19. The van der Waals surface area contributed by atoms with E-state index in [4.69, 9.17) is 14.2 Å². The summed E-state index contributed by atoms with van der Waals surface area (Å²) in [6.07, 6.45) is 2.47. The second kappa shape index (κ2) is 9.30. The first-order valence-electron chi connectivity index (χ1n) is 10.3. The number of carbonyl (C=O) groups excluding carboxylic acids is 1. The predicted molar refractivity (Wildman–Crippen MR) is 123 cm³/mol. The zero-order chi connectivity index (χ0) is 21.0. The number of ether oxygens (including phenoxy) is 3. The average Bonchev–Trinajstić information content (AvgIpc) is 3.50. The molecule has 1 fully saturated rings. The first kappa shape index (κ1) is 20.4. The van der Waals surface area contributed by atoms with E-state index in [1.165, 1.54) is 11.3 Å². The Hall–Kier alpha value is -2.55. The van der Waals surface area contributed by atoms with Gasteiger partial charge in [-0.25, -0.2) is 4.98 Å². The molecule has 0 radical (unpaired) electrons. The number of nitrogens with zero attached hydrogens (tertiary/aromatic N) is 1. The molecule has 0 saturated carbocycles. The molecule has 31 heavy (non-hydrogen) atoms. The van der Waals surface area contributed by atoms with Crippen LogP contribution in [-0.2, 0) is 4.74 Å². The summed E-state index contributed by atoms with van der Waals surface area (Å²) in [5.41, 5.74) is 2.37. The van der Waals surface area contributed by atoms with Gasteiger partial charge in [-0.1, -0.05) is 12.1 Å². The molecule has 1 saturated heterocycles. The largest absolute Gasteiger partial charge is 0.486 e. The summed E-state index contributed by atoms with van der Waals surface area (Å²) in [5.74, 6) is 2.17. The van der Waals surface area contributed by atoms with E-state index in [1.54, 1.807) is 11.8 Å². The SMILES string of the molecule is O=C(Nc1nc(-c2ccc3c(c2)OCCO3)cs1)c1ccccc1SC[C@@H]1CCCO1. The van der Waals surface area contributed by atoms with Crippen LogP contribution >= 0.6 is 23.1 Å². The summed E-state index contributed by atoms with van der Waals surface area (Å²) in [6, 6.07) is 13.4. The summed E-state index contributed by atoms with van der Waals surface area (Å²) < 4.78 is 16.9. The van der Waals surface area contributed by atoms with Gasteiger partial charge in [0.25, 0.3) is 5.91 Å². The van der Waals surface area contributed by atoms with Crippen molar-refractivity contribution < 1.29 is 19.0 Å². The molecule has 2 aromatic carbocycles. The van der Waals surface area contributed by atoms with Crippen molar-refractivity contribution in [1.82, 2.24) is 4.98 Å². The standard InChI is InChI=1S/C23H22N2O4S2/c26-22(17-5-1-2-6-21(17)30-13-16-4-3-9-27-16)25-23-24-18(14-31-23)15-7-8-19-20(12-15)29-11-10-28-19/h1-2,5-8,12,14,16H,3-4,9-11,13H2,(H,24,25,26)/t16-/m0/s1. The maximum absolute atomic E-state index is 12.9. The average molecular weight is 455 g/mol. The monoisotopic (exact) mass is 454 g/mol. The van der Waals surface area contributed by atoms with Crippen molar-refractivity contribution in [3.63, 3.8) is 0 Å². The van der Waals surface area contributed by atoms with E-state index in [1.807, 2.05) is 47.8 Å². The Balaban J connectivity index is 1.28. The Kier molecular flexibility index (Phi) is 6.11. The van der Waals surface area contributed by atoms with Crippen molar-refractivity contribution >= 4 is 34.1 Å². The van der Waals surface area contributed by atoms with Gasteiger partial charge < -0.3 is 14.2 Å². The number of thiazole rings is 1. The molecule has 0 spiro atoms. The summed E-state index contributed by atoms with van der Waals surface area (Å²) in [4.78, 5) is 18.5. The number of benzene rings is 2. The summed E-state index contributed by atoms with van der Waals surface area (Å²) >= 11 is 3.07. The number of hydrogen-bond donors (Lipinski definition) is 1. The molecule has 3 heterocycles. The lowest BCUT2D eigenvalue weighted by Crippen LogP contribution is -2.15. The number of hydrogen-bond acceptors (Lipinski definition) is 7. The quantitative estimate of drug-likeness (QED) is 0.522. The van der Waals surface area contributed by atoms with Gasteiger partial charge in [0.1, 0.15) is 13.2 Å². The van der Waals surface area contributed by atoms with Crippen LogP contribution < -0.4 is 14.8 Å². The van der Waals surface area contributed by atoms with E-state index < -0.39 is 0 Å². The van der Waals surface area contributed by atoms with Gasteiger partial charge in [-0.05, 0) is 43.2 Å². The van der Waals surface area contributed by atoms with Gasteiger partial charge in [0.05, 0.1) is 17.4 Å². The molecule has 1 atom stereocenters. The van der Waals surface area contributed by atoms with Gasteiger partial charge in [0.15, 0.2) is 16.6 Å². The third kappa shape index (κ3) is 4.71. The molecule has 1 aromatic heterocycles. The Labute approximate surface area is 188 Å². The summed E-state index contributed by atoms with van der Waals surface area (Å²) in [6.45, 7) is 1.94. The van der Waals surface area contributed by atoms with E-state index in [-0.39, 0.29) is 12.0 Å². The molecule has 8 heteroatoms. The van der Waals surface area contributed by atoms with Crippen molar-refractivity contribution in [2.45, 2.75) is 23.8 Å². The topological polar surface area (TPSA) is 69.7 Å². The normalized spacial score (nSPS) is 17.5. The fourth-order valence-corrected chi connectivity index (χ4v) is 5.40. The fourth-order valence-electron chi connectivity index (χ4n) is 3.57. The molecule has 3 aromatic rings. The highest BCUT2D eigenvalue weighted by atomic mass is 32.2. The van der Waals surface area contributed by atoms with Crippen LogP contribution in [0, 0.1) is 0 Å². The van der Waals surface area contributed by atoms with E-state index >= 15 is 0 Å². The van der Waals surface area contributed by atoms with Crippen molar-refractivity contribution in [3.8, 4) is 22.8 Å². The Morgan fingerprint density at radius 3 is 2.87 bits per heavy atom. The number of thioether (sulfide) groups is 1. The first-order valence-corrected chi connectivity index (χ1v) is 12.1. The fraction of sp³-hybridized carbons (Fsp3) is 0.304. The lowest BCUT2D eigenvalue weighted by Gasteiger charge is -2.18. The minimum absolute atomic E-state index is 0.154. The second-order valence-corrected chi connectivity index (χ2v) is 9.21. The lowest BCUT2D eigenvalue weighted by molar-refractivity contribution is 0.102. The van der Waals surface area contributed by atoms with Crippen LogP contribution in [0.2, 0.25) is 0 Å². The smallest absolute Gasteiger partial charge is 0.258 e. The molecule has 160 valence electrons. The highest BCUT2D eigenvalue weighted by Crippen LogP contribution is 2.35. The number of amides is 1. The van der Waals surface area contributed by atoms with Crippen LogP contribution in [0.25, 0.3) is 11.3 Å². The molecule has 0 unspecified atom stereocenters. The van der Waals surface area contributed by atoms with Crippen LogP contribution in [0.1, 0.15) is 23.2 Å². The number of nitrogens with one attached hydrogen (secondary N) is 1. The summed E-state index contributed by atoms with van der Waals surface area (Å²) in [5, 5.41) is 5.44. The van der Waals surface area contributed by atoms with Crippen LogP contribution in [0.15, 0.2) is 52.7 Å². The maximum Gasteiger partial charge on any atom is 0.258 e. The van der Waals surface area contributed by atoms with Crippen LogP contribution in [0.3, 0.4) is 0 Å². The molecular formula is C23H22N2O4S2. The number of fused-ring (bicyclic) bond motifs is 1. The molecule has 1 N–H and O–H groups in total. The van der Waals surface area contributed by atoms with E-state index in [9.17, 15) is 4.79 Å². The molecule has 5 rings (SSSR count). The maximum atomic E-state index is 12.9. The zero-order valence-electron chi connectivity index (χ0n) is 16.8. The van der Waals surface area contributed by atoms with Crippen LogP contribution in [0.5, 0.6) is 11.5 Å². The first-order chi connectivity index (χ1) is 15.3. The molecule has 2 aliphatic heterocycles. The zero-order valence-corrected chi connectivity index (χ0v) is 18.5. The Morgan fingerprint density at radius 2 is 2.00 bits per heavy atom. The highest BCUT2D eigenvalue weighted by molar-refractivity contribution is 7.99. The van der Waals surface area contributed by atoms with Crippen molar-refractivity contribution in [1.29, 1.82) is 0 Å². The molecule has 6 nitrogen and oxygen atoms in total. The van der Waals surface area contributed by atoms with Gasteiger partial charge in [0.2, 0.25) is 0 Å². The molecule has 0 bridgehead atoms. The second-order valence-electron chi connectivity index (χ2n) is 7.29. The van der Waals surface area contributed by atoms with Gasteiger partial charge in [-0.2, -0.15) is 0 Å². The van der Waals surface area contributed by atoms with Crippen molar-refractivity contribution in [2.24, 2.45) is 0 Å². The Morgan fingerprint density at radius 1 is 1.13 bits per heavy atom. The number of rotatable bonds is 6. The van der Waals surface area contributed by atoms with E-state index in [2.05, 4.69) is 10.3 Å². The van der Waals surface area contributed by atoms with Gasteiger partial charge in [0, 0.05) is 28.2 Å². The third-order valence-corrected chi connectivity index (χ3v) is 7.11. The van der Waals surface area contributed by atoms with E-state index in [0.717, 1.165) is 52.9 Å². The van der Waals surface area contributed by atoms with Crippen molar-refractivity contribution in [3.05, 3.63) is 53.4 Å². The molecule has 2 aliphatic rings. The van der Waals surface area contributed by atoms with Gasteiger partial charge in [-0.3, -0.25) is 10.1 Å². The number of anilines is 1. The van der Waals surface area contributed by atoms with Crippen LogP contribution in [-0.4, -0.2) is 42.6 Å². The molecular weight excluding hydrogens is 432 g/mol.